The summed E-state index contributed by atoms with van der Waals surface area (Å²) in [6.45, 7) is 3.99. The highest BCUT2D eigenvalue weighted by Gasteiger charge is 2.02. The minimum absolute atomic E-state index is 0.0479. The van der Waals surface area contributed by atoms with Gasteiger partial charge in [0.05, 0.1) is 0 Å². The zero-order valence-corrected chi connectivity index (χ0v) is 13.0. The third-order valence-corrected chi connectivity index (χ3v) is 3.35. The minimum atomic E-state index is 0.0479. The number of carbonyl (C=O) groups is 1. The van der Waals surface area contributed by atoms with E-state index < -0.39 is 0 Å². The second-order valence-electron chi connectivity index (χ2n) is 4.96. The van der Waals surface area contributed by atoms with E-state index in [1.54, 1.807) is 0 Å². The van der Waals surface area contributed by atoms with E-state index in [4.69, 9.17) is 11.6 Å². The van der Waals surface area contributed by atoms with Gasteiger partial charge in [-0.15, -0.1) is 0 Å². The highest BCUT2D eigenvalue weighted by Crippen LogP contribution is 2.24. The second kappa shape index (κ2) is 7.14. The molecular formula is C17H19ClN2O. The Hall–Kier alpha value is -2.00. The molecule has 0 unspecified atom stereocenters. The van der Waals surface area contributed by atoms with Crippen LogP contribution >= 0.6 is 11.6 Å². The summed E-state index contributed by atoms with van der Waals surface area (Å²) in [7, 11) is 0. The van der Waals surface area contributed by atoms with Crippen molar-refractivity contribution in [3.05, 3.63) is 53.1 Å². The molecule has 21 heavy (non-hydrogen) atoms. The smallest absolute Gasteiger partial charge is 0.224 e. The SMILES string of the molecule is CCCC(=O)Nc1ccc(Nc2ccc(Cl)cc2C)cc1. The Morgan fingerprint density at radius 3 is 2.38 bits per heavy atom. The molecule has 0 saturated heterocycles. The fraction of sp³-hybridized carbons (Fsp3) is 0.235. The molecule has 0 aliphatic heterocycles. The second-order valence-corrected chi connectivity index (χ2v) is 5.40. The molecule has 2 N–H and O–H groups in total. The van der Waals surface area contributed by atoms with Crippen molar-refractivity contribution in [3.8, 4) is 0 Å². The summed E-state index contributed by atoms with van der Waals surface area (Å²) >= 11 is 5.95. The average molecular weight is 303 g/mol. The van der Waals surface area contributed by atoms with E-state index in [1.165, 1.54) is 0 Å². The molecule has 110 valence electrons. The van der Waals surface area contributed by atoms with E-state index in [0.29, 0.717) is 6.42 Å². The van der Waals surface area contributed by atoms with Gasteiger partial charge in [0.1, 0.15) is 0 Å². The molecular weight excluding hydrogens is 284 g/mol. The van der Waals surface area contributed by atoms with Crippen molar-refractivity contribution in [1.82, 2.24) is 0 Å². The molecule has 0 fully saturated rings. The molecule has 0 aliphatic carbocycles. The summed E-state index contributed by atoms with van der Waals surface area (Å²) in [5.74, 6) is 0.0479. The van der Waals surface area contributed by atoms with Crippen LogP contribution in [0.5, 0.6) is 0 Å². The molecule has 2 aromatic rings. The normalized spacial score (nSPS) is 10.2. The standard InChI is InChI=1S/C17H19ClN2O/c1-3-4-17(21)20-15-8-6-14(7-9-15)19-16-10-5-13(18)11-12(16)2/h5-11,19H,3-4H2,1-2H3,(H,20,21). The zero-order chi connectivity index (χ0) is 15.2. The number of amides is 1. The van der Waals surface area contributed by atoms with Crippen molar-refractivity contribution in [1.29, 1.82) is 0 Å². The van der Waals surface area contributed by atoms with E-state index in [9.17, 15) is 4.79 Å². The zero-order valence-electron chi connectivity index (χ0n) is 12.2. The van der Waals surface area contributed by atoms with Crippen LogP contribution in [0.2, 0.25) is 5.02 Å². The molecule has 0 heterocycles. The van der Waals surface area contributed by atoms with E-state index in [-0.39, 0.29) is 5.91 Å². The maximum atomic E-state index is 11.5. The van der Waals surface area contributed by atoms with Gasteiger partial charge in [-0.25, -0.2) is 0 Å². The Labute approximate surface area is 130 Å². The van der Waals surface area contributed by atoms with Gasteiger partial charge in [0.15, 0.2) is 0 Å². The van der Waals surface area contributed by atoms with Gasteiger partial charge >= 0.3 is 0 Å². The van der Waals surface area contributed by atoms with Crippen molar-refractivity contribution in [3.63, 3.8) is 0 Å². The summed E-state index contributed by atoms with van der Waals surface area (Å²) < 4.78 is 0. The third-order valence-electron chi connectivity index (χ3n) is 3.11. The van der Waals surface area contributed by atoms with Gasteiger partial charge in [0.25, 0.3) is 0 Å². The number of nitrogens with one attached hydrogen (secondary N) is 2. The predicted molar refractivity (Wildman–Crippen MR) is 89.5 cm³/mol. The van der Waals surface area contributed by atoms with Gasteiger partial charge in [-0.2, -0.15) is 0 Å². The highest BCUT2D eigenvalue weighted by molar-refractivity contribution is 6.30. The lowest BCUT2D eigenvalue weighted by molar-refractivity contribution is -0.116. The van der Waals surface area contributed by atoms with Crippen LogP contribution in [0.3, 0.4) is 0 Å². The maximum absolute atomic E-state index is 11.5. The van der Waals surface area contributed by atoms with Crippen LogP contribution in [-0.2, 0) is 4.79 Å². The van der Waals surface area contributed by atoms with E-state index in [2.05, 4.69) is 10.6 Å². The number of hydrogen-bond acceptors (Lipinski definition) is 2. The minimum Gasteiger partial charge on any atom is -0.355 e. The van der Waals surface area contributed by atoms with Crippen LogP contribution < -0.4 is 10.6 Å². The average Bonchev–Trinajstić information content (AvgIpc) is 2.44. The van der Waals surface area contributed by atoms with Crippen LogP contribution in [0.15, 0.2) is 42.5 Å². The summed E-state index contributed by atoms with van der Waals surface area (Å²) in [6.07, 6.45) is 1.39. The van der Waals surface area contributed by atoms with Crippen LogP contribution in [-0.4, -0.2) is 5.91 Å². The number of halogens is 1. The van der Waals surface area contributed by atoms with Crippen molar-refractivity contribution in [2.24, 2.45) is 0 Å². The Morgan fingerprint density at radius 1 is 1.10 bits per heavy atom. The van der Waals surface area contributed by atoms with E-state index >= 15 is 0 Å². The number of carbonyl (C=O) groups excluding carboxylic acids is 1. The molecule has 3 nitrogen and oxygen atoms in total. The van der Waals surface area contributed by atoms with Crippen LogP contribution in [0.1, 0.15) is 25.3 Å². The Morgan fingerprint density at radius 2 is 1.76 bits per heavy atom. The first kappa shape index (κ1) is 15.4. The molecule has 0 aliphatic rings. The number of anilines is 3. The molecule has 0 atom stereocenters. The third kappa shape index (κ3) is 4.50. The first-order valence-electron chi connectivity index (χ1n) is 7.01. The molecule has 0 aromatic heterocycles. The quantitative estimate of drug-likeness (QED) is 0.804. The fourth-order valence-electron chi connectivity index (χ4n) is 2.01. The Kier molecular flexibility index (Phi) is 5.23. The molecule has 0 spiro atoms. The predicted octanol–water partition coefficient (Wildman–Crippen LogP) is 5.13. The first-order valence-corrected chi connectivity index (χ1v) is 7.39. The molecule has 1 amide bonds. The van der Waals surface area contributed by atoms with Crippen molar-refractivity contribution < 1.29 is 4.79 Å². The molecule has 2 rings (SSSR count). The van der Waals surface area contributed by atoms with Gasteiger partial charge in [-0.05, 0) is 61.4 Å². The molecule has 4 heteroatoms. The monoisotopic (exact) mass is 302 g/mol. The lowest BCUT2D eigenvalue weighted by Crippen LogP contribution is -2.10. The van der Waals surface area contributed by atoms with Gasteiger partial charge in [-0.1, -0.05) is 18.5 Å². The molecule has 0 saturated carbocycles. The fourth-order valence-corrected chi connectivity index (χ4v) is 2.24. The molecule has 0 radical (unpaired) electrons. The number of benzene rings is 2. The maximum Gasteiger partial charge on any atom is 0.224 e. The van der Waals surface area contributed by atoms with Crippen LogP contribution in [0, 0.1) is 6.92 Å². The summed E-state index contributed by atoms with van der Waals surface area (Å²) in [6, 6.07) is 13.4. The summed E-state index contributed by atoms with van der Waals surface area (Å²) in [5, 5.41) is 6.93. The Balaban J connectivity index is 2.03. The lowest BCUT2D eigenvalue weighted by atomic mass is 10.2. The molecule has 2 aromatic carbocycles. The van der Waals surface area contributed by atoms with Gasteiger partial charge in [0, 0.05) is 28.5 Å². The largest absolute Gasteiger partial charge is 0.355 e. The van der Waals surface area contributed by atoms with Gasteiger partial charge in [0.2, 0.25) is 5.91 Å². The number of rotatable bonds is 5. The number of aryl methyl sites for hydroxylation is 1. The Bertz CT molecular complexity index is 623. The van der Waals surface area contributed by atoms with Crippen LogP contribution in [0.25, 0.3) is 0 Å². The highest BCUT2D eigenvalue weighted by atomic mass is 35.5. The van der Waals surface area contributed by atoms with E-state index in [1.807, 2.05) is 56.3 Å². The van der Waals surface area contributed by atoms with Gasteiger partial charge < -0.3 is 10.6 Å². The number of hydrogen-bond donors (Lipinski definition) is 2. The van der Waals surface area contributed by atoms with Gasteiger partial charge in [-0.3, -0.25) is 4.79 Å². The topological polar surface area (TPSA) is 41.1 Å². The van der Waals surface area contributed by atoms with Crippen molar-refractivity contribution in [2.45, 2.75) is 26.7 Å². The molecule has 0 bridgehead atoms. The van der Waals surface area contributed by atoms with Crippen molar-refractivity contribution >= 4 is 34.6 Å². The summed E-state index contributed by atoms with van der Waals surface area (Å²) in [5.41, 5.74) is 3.88. The van der Waals surface area contributed by atoms with Crippen molar-refractivity contribution in [2.75, 3.05) is 10.6 Å². The first-order chi connectivity index (χ1) is 10.1. The summed E-state index contributed by atoms with van der Waals surface area (Å²) in [4.78, 5) is 11.5. The van der Waals surface area contributed by atoms with Crippen LogP contribution in [0.4, 0.5) is 17.1 Å². The lowest BCUT2D eigenvalue weighted by Gasteiger charge is -2.11. The van der Waals surface area contributed by atoms with E-state index in [0.717, 1.165) is 34.1 Å².